The monoisotopic (exact) mass is 543 g/mol. The molecule has 174 valence electrons. The molecular weight excluding hydrogens is 505 g/mol. The van der Waals surface area contributed by atoms with E-state index in [1.807, 2.05) is 19.9 Å². The van der Waals surface area contributed by atoms with Crippen LogP contribution in [0.1, 0.15) is 50.3 Å². The Hall–Kier alpha value is -1.55. The fourth-order valence-electron chi connectivity index (χ4n) is 4.34. The molecule has 3 N–H and O–H groups in total. The van der Waals surface area contributed by atoms with E-state index in [1.54, 1.807) is 0 Å². The number of guanidine groups is 1. The largest absolute Gasteiger partial charge is 0.508 e. The van der Waals surface area contributed by atoms with Crippen molar-refractivity contribution in [2.75, 3.05) is 39.3 Å². The van der Waals surface area contributed by atoms with Gasteiger partial charge >= 0.3 is 0 Å². The molecule has 3 rings (SSSR count). The Balaban J connectivity index is 0.00000341. The summed E-state index contributed by atoms with van der Waals surface area (Å²) in [6.45, 7) is 11.1. The highest BCUT2D eigenvalue weighted by Gasteiger charge is 2.22. The van der Waals surface area contributed by atoms with Crippen LogP contribution in [0.2, 0.25) is 0 Å². The molecule has 0 radical (unpaired) electrons. The van der Waals surface area contributed by atoms with Gasteiger partial charge < -0.3 is 20.6 Å². The van der Waals surface area contributed by atoms with Gasteiger partial charge in [-0.05, 0) is 63.6 Å². The van der Waals surface area contributed by atoms with Gasteiger partial charge in [0.2, 0.25) is 5.91 Å². The first-order valence-electron chi connectivity index (χ1n) is 11.4. The highest BCUT2D eigenvalue weighted by atomic mass is 127. The standard InChI is InChI=1S/C23H37N5O2.HI/c1-4-24-23(28-13-11-27(12-14-28)16-22(30)26-17(2)3)25-15-20-19-8-6-5-7-18(19)9-10-21(20)29;/h9-10,17,29H,4-8,11-16H2,1-3H3,(H,24,25)(H,26,30);1H. The van der Waals surface area contributed by atoms with E-state index in [9.17, 15) is 9.90 Å². The third-order valence-corrected chi connectivity index (χ3v) is 5.84. The number of phenols is 1. The zero-order chi connectivity index (χ0) is 21.5. The number of nitrogens with zero attached hydrogens (tertiary/aromatic N) is 3. The Bertz CT molecular complexity index is 761. The first-order chi connectivity index (χ1) is 14.5. The summed E-state index contributed by atoms with van der Waals surface area (Å²) in [6.07, 6.45) is 4.53. The zero-order valence-electron chi connectivity index (χ0n) is 19.1. The van der Waals surface area contributed by atoms with Crippen LogP contribution < -0.4 is 10.6 Å². The molecule has 8 heteroatoms. The molecule has 0 saturated carbocycles. The van der Waals surface area contributed by atoms with Gasteiger partial charge in [-0.1, -0.05) is 6.07 Å². The van der Waals surface area contributed by atoms with Gasteiger partial charge in [0.25, 0.3) is 0 Å². The Morgan fingerprint density at radius 2 is 1.87 bits per heavy atom. The van der Waals surface area contributed by atoms with Crippen molar-refractivity contribution in [3.05, 3.63) is 28.8 Å². The SMILES string of the molecule is CCNC(=NCc1c(O)ccc2c1CCCC2)N1CCN(CC(=O)NC(C)C)CC1.I. The van der Waals surface area contributed by atoms with Crippen molar-refractivity contribution in [3.63, 3.8) is 0 Å². The summed E-state index contributed by atoms with van der Waals surface area (Å²) in [7, 11) is 0. The van der Waals surface area contributed by atoms with Crippen LogP contribution >= 0.6 is 24.0 Å². The lowest BCUT2D eigenvalue weighted by molar-refractivity contribution is -0.123. The quantitative estimate of drug-likeness (QED) is 0.292. The summed E-state index contributed by atoms with van der Waals surface area (Å²) in [6, 6.07) is 4.06. The van der Waals surface area contributed by atoms with Gasteiger partial charge in [-0.3, -0.25) is 9.69 Å². The van der Waals surface area contributed by atoms with Crippen LogP contribution in [0.25, 0.3) is 0 Å². The van der Waals surface area contributed by atoms with Crippen LogP contribution in [0.4, 0.5) is 0 Å². The number of fused-ring (bicyclic) bond motifs is 1. The average molecular weight is 543 g/mol. The van der Waals surface area contributed by atoms with Crippen LogP contribution in [-0.4, -0.2) is 72.1 Å². The number of aryl methyl sites for hydroxylation is 1. The van der Waals surface area contributed by atoms with Gasteiger partial charge in [-0.15, -0.1) is 24.0 Å². The number of benzene rings is 1. The van der Waals surface area contributed by atoms with Gasteiger partial charge in [0.05, 0.1) is 13.1 Å². The minimum absolute atomic E-state index is 0. The molecule has 0 bridgehead atoms. The summed E-state index contributed by atoms with van der Waals surface area (Å²) >= 11 is 0. The van der Waals surface area contributed by atoms with E-state index in [-0.39, 0.29) is 35.9 Å². The number of hydrogen-bond acceptors (Lipinski definition) is 4. The third-order valence-electron chi connectivity index (χ3n) is 5.84. The molecule has 1 aromatic carbocycles. The van der Waals surface area contributed by atoms with Crippen molar-refractivity contribution >= 4 is 35.8 Å². The third kappa shape index (κ3) is 7.24. The topological polar surface area (TPSA) is 80.2 Å². The number of nitrogens with one attached hydrogen (secondary N) is 2. The molecule has 1 fully saturated rings. The second-order valence-electron chi connectivity index (χ2n) is 8.56. The molecule has 1 aliphatic heterocycles. The summed E-state index contributed by atoms with van der Waals surface area (Å²) in [5, 5.41) is 16.8. The number of phenolic OH excluding ortho intramolecular Hbond substituents is 1. The van der Waals surface area contributed by atoms with Crippen molar-refractivity contribution in [2.24, 2.45) is 4.99 Å². The summed E-state index contributed by atoms with van der Waals surface area (Å²) < 4.78 is 0. The molecule has 0 aromatic heterocycles. The molecule has 0 atom stereocenters. The van der Waals surface area contributed by atoms with E-state index in [4.69, 9.17) is 4.99 Å². The van der Waals surface area contributed by atoms with E-state index in [0.717, 1.165) is 57.1 Å². The maximum Gasteiger partial charge on any atom is 0.234 e. The van der Waals surface area contributed by atoms with E-state index in [1.165, 1.54) is 24.0 Å². The number of carbonyl (C=O) groups is 1. The van der Waals surface area contributed by atoms with E-state index in [2.05, 4.69) is 33.4 Å². The maximum atomic E-state index is 12.0. The van der Waals surface area contributed by atoms with Crippen LogP contribution in [-0.2, 0) is 24.2 Å². The summed E-state index contributed by atoms with van der Waals surface area (Å²) in [5.41, 5.74) is 3.64. The normalized spacial score (nSPS) is 17.2. The molecule has 31 heavy (non-hydrogen) atoms. The second-order valence-corrected chi connectivity index (χ2v) is 8.56. The molecule has 0 unspecified atom stereocenters. The molecule has 0 spiro atoms. The Labute approximate surface area is 203 Å². The summed E-state index contributed by atoms with van der Waals surface area (Å²) in [4.78, 5) is 21.3. The Morgan fingerprint density at radius 3 is 2.55 bits per heavy atom. The van der Waals surface area contributed by atoms with E-state index >= 15 is 0 Å². The van der Waals surface area contributed by atoms with E-state index in [0.29, 0.717) is 18.8 Å². The highest BCUT2D eigenvalue weighted by Crippen LogP contribution is 2.31. The van der Waals surface area contributed by atoms with Crippen LogP contribution in [0.5, 0.6) is 5.75 Å². The average Bonchev–Trinajstić information content (AvgIpc) is 2.72. The van der Waals surface area contributed by atoms with Gasteiger partial charge in [-0.25, -0.2) is 4.99 Å². The number of halogens is 1. The second kappa shape index (κ2) is 12.5. The number of aromatic hydroxyl groups is 1. The number of amides is 1. The molecule has 1 saturated heterocycles. The van der Waals surface area contributed by atoms with Gasteiger partial charge in [0, 0.05) is 44.3 Å². The minimum Gasteiger partial charge on any atom is -0.508 e. The predicted octanol–water partition coefficient (Wildman–Crippen LogP) is 2.50. The van der Waals surface area contributed by atoms with Crippen molar-refractivity contribution in [1.82, 2.24) is 20.4 Å². The fourth-order valence-corrected chi connectivity index (χ4v) is 4.34. The van der Waals surface area contributed by atoms with E-state index < -0.39 is 0 Å². The lowest BCUT2D eigenvalue weighted by Gasteiger charge is -2.36. The molecule has 7 nitrogen and oxygen atoms in total. The smallest absolute Gasteiger partial charge is 0.234 e. The van der Waals surface area contributed by atoms with Crippen LogP contribution in [0, 0.1) is 0 Å². The van der Waals surface area contributed by atoms with Crippen LogP contribution in [0.15, 0.2) is 17.1 Å². The number of hydrogen-bond donors (Lipinski definition) is 3. The fraction of sp³-hybridized carbons (Fsp3) is 0.652. The number of carbonyl (C=O) groups excluding carboxylic acids is 1. The molecule has 1 amide bonds. The van der Waals surface area contributed by atoms with Gasteiger partial charge in [-0.2, -0.15) is 0 Å². The lowest BCUT2D eigenvalue weighted by atomic mass is 9.88. The van der Waals surface area contributed by atoms with Crippen molar-refractivity contribution < 1.29 is 9.90 Å². The molecule has 2 aliphatic rings. The highest BCUT2D eigenvalue weighted by molar-refractivity contribution is 14.0. The van der Waals surface area contributed by atoms with Crippen molar-refractivity contribution in [2.45, 2.75) is 59.0 Å². The minimum atomic E-state index is 0. The first-order valence-corrected chi connectivity index (χ1v) is 11.4. The summed E-state index contributed by atoms with van der Waals surface area (Å²) in [5.74, 6) is 1.33. The van der Waals surface area contributed by atoms with Gasteiger partial charge in [0.15, 0.2) is 5.96 Å². The number of piperazine rings is 1. The van der Waals surface area contributed by atoms with Gasteiger partial charge in [0.1, 0.15) is 5.75 Å². The molecule has 1 aliphatic carbocycles. The number of rotatable bonds is 6. The molecule has 1 aromatic rings. The van der Waals surface area contributed by atoms with Crippen molar-refractivity contribution in [3.8, 4) is 5.75 Å². The Kier molecular flexibility index (Phi) is 10.3. The molecular formula is C23H38IN5O2. The first kappa shape index (κ1) is 25.7. The lowest BCUT2D eigenvalue weighted by Crippen LogP contribution is -2.54. The maximum absolute atomic E-state index is 12.0. The van der Waals surface area contributed by atoms with Crippen LogP contribution in [0.3, 0.4) is 0 Å². The molecule has 1 heterocycles. The Morgan fingerprint density at radius 1 is 1.16 bits per heavy atom. The number of aliphatic imine (C=N–C) groups is 1. The van der Waals surface area contributed by atoms with Crippen molar-refractivity contribution in [1.29, 1.82) is 0 Å². The predicted molar refractivity (Wildman–Crippen MR) is 136 cm³/mol. The zero-order valence-corrected chi connectivity index (χ0v) is 21.4.